The number of furan rings is 1. The van der Waals surface area contributed by atoms with Crippen LogP contribution in [0.4, 0.5) is 8.78 Å². The molecule has 0 N–H and O–H groups in total. The number of benzene rings is 3. The topological polar surface area (TPSA) is 38.9 Å². The van der Waals surface area contributed by atoms with Gasteiger partial charge in [0.15, 0.2) is 0 Å². The summed E-state index contributed by atoms with van der Waals surface area (Å²) in [5.41, 5.74) is 4.93. The van der Waals surface area contributed by atoms with Crippen molar-refractivity contribution in [3.05, 3.63) is 115 Å². The molecular weight excluding hydrogens is 711 g/mol. The molecule has 0 fully saturated rings. The normalized spacial score (nSPS) is 11.3. The van der Waals surface area contributed by atoms with Crippen LogP contribution in [0.2, 0.25) is 19.6 Å². The summed E-state index contributed by atoms with van der Waals surface area (Å²) in [4.78, 5) is 8.71. The summed E-state index contributed by atoms with van der Waals surface area (Å²) in [6.07, 6.45) is 3.24. The van der Waals surface area contributed by atoms with Crippen LogP contribution in [0.15, 0.2) is 89.6 Å². The Morgan fingerprint density at radius 1 is 0.805 bits per heavy atom. The molecule has 6 aromatic rings. The van der Waals surface area contributed by atoms with E-state index >= 15 is 0 Å². The smallest absolute Gasteiger partial charge is 0.143 e. The summed E-state index contributed by atoms with van der Waals surface area (Å²) in [5, 5.41) is 3.08. The molecule has 211 valence electrons. The van der Waals surface area contributed by atoms with Gasteiger partial charge < -0.3 is 14.4 Å². The maximum Gasteiger partial charge on any atom is 0.143 e. The minimum Gasteiger partial charge on any atom is -0.500 e. The number of nitrogens with zero attached hydrogens (tertiary/aromatic N) is 2. The summed E-state index contributed by atoms with van der Waals surface area (Å²) in [6.45, 7) is 10.8. The van der Waals surface area contributed by atoms with Crippen LogP contribution in [0.3, 0.4) is 0 Å². The monoisotopic (exact) mass is 741 g/mol. The summed E-state index contributed by atoms with van der Waals surface area (Å²) in [6, 6.07) is 28.4. The van der Waals surface area contributed by atoms with E-state index in [0.29, 0.717) is 28.0 Å². The van der Waals surface area contributed by atoms with Gasteiger partial charge in [-0.25, -0.2) is 8.78 Å². The second-order valence-electron chi connectivity index (χ2n) is 11.0. The Bertz CT molecular complexity index is 1780. The second kappa shape index (κ2) is 12.6. The summed E-state index contributed by atoms with van der Waals surface area (Å²) in [7, 11) is -1.23. The van der Waals surface area contributed by atoms with Crippen LogP contribution in [0, 0.1) is 23.8 Å². The Kier molecular flexibility index (Phi) is 9.33. The molecule has 3 heterocycles. The molecule has 0 atom stereocenters. The Balaban J connectivity index is 0.000000200. The molecular formula is C34H30F2IrN2OSi-2. The average molecular weight is 741 g/mol. The second-order valence-corrected chi connectivity index (χ2v) is 16.1. The van der Waals surface area contributed by atoms with Crippen molar-refractivity contribution in [2.75, 3.05) is 0 Å². The summed E-state index contributed by atoms with van der Waals surface area (Å²) >= 11 is 0. The zero-order chi connectivity index (χ0) is 28.4. The Labute approximate surface area is 254 Å². The number of pyridine rings is 2. The third kappa shape index (κ3) is 6.70. The molecule has 6 rings (SSSR count). The largest absolute Gasteiger partial charge is 0.500 e. The average Bonchev–Trinajstić information content (AvgIpc) is 3.31. The zero-order valence-corrected chi connectivity index (χ0v) is 26.9. The number of aromatic nitrogens is 2. The fourth-order valence-electron chi connectivity index (χ4n) is 4.49. The molecule has 41 heavy (non-hydrogen) atoms. The molecule has 3 aromatic carbocycles. The molecule has 1 radical (unpaired) electrons. The molecule has 0 amide bonds. The van der Waals surface area contributed by atoms with E-state index in [4.69, 9.17) is 4.42 Å². The Morgan fingerprint density at radius 3 is 2.24 bits per heavy atom. The van der Waals surface area contributed by atoms with Crippen molar-refractivity contribution in [3.8, 4) is 22.5 Å². The van der Waals surface area contributed by atoms with E-state index in [-0.39, 0.29) is 37.7 Å². The first-order valence-electron chi connectivity index (χ1n) is 13.2. The first kappa shape index (κ1) is 30.4. The summed E-state index contributed by atoms with van der Waals surface area (Å²) < 4.78 is 33.2. The molecule has 3 nitrogen and oxygen atoms in total. The van der Waals surface area contributed by atoms with Crippen molar-refractivity contribution in [3.63, 3.8) is 0 Å². The van der Waals surface area contributed by atoms with Gasteiger partial charge >= 0.3 is 0 Å². The maximum absolute atomic E-state index is 13.9. The quantitative estimate of drug-likeness (QED) is 0.134. The SMILES string of the molecule is CC(C)c1cc(-c2[c-]ccc3c2oc2cc(F)ccc23)ncc1F.C[Si](C)(C)c1ccc(-c2[c-]cccc2)nc1.[Ir]. The van der Waals surface area contributed by atoms with Gasteiger partial charge in [-0.05, 0) is 40.2 Å². The standard InChI is InChI=1S/C20H14F2NO.C14H16NSi.Ir/c1-11(2)16-9-18(23-10-17(16)22)15-5-3-4-14-13-7-6-12(21)8-19(13)24-20(14)15;1-16(2,3)13-9-10-14(15-11-13)12-7-5-4-6-8-12;/h3-4,6-11H,1-2H3;4-7,9-11H,1-3H3;/q2*-1;. The molecule has 0 bridgehead atoms. The Hall–Kier alpha value is -3.51. The number of hydrogen-bond donors (Lipinski definition) is 0. The van der Waals surface area contributed by atoms with E-state index in [0.717, 1.165) is 22.0 Å². The molecule has 0 saturated carbocycles. The molecule has 0 aliphatic carbocycles. The van der Waals surface area contributed by atoms with Gasteiger partial charge in [0.05, 0.1) is 19.9 Å². The van der Waals surface area contributed by atoms with E-state index in [1.807, 2.05) is 50.4 Å². The van der Waals surface area contributed by atoms with Gasteiger partial charge in [-0.3, -0.25) is 0 Å². The fraction of sp³-hybridized carbons (Fsp3) is 0.176. The predicted molar refractivity (Wildman–Crippen MR) is 161 cm³/mol. The third-order valence-corrected chi connectivity index (χ3v) is 8.80. The van der Waals surface area contributed by atoms with Crippen LogP contribution in [-0.2, 0) is 20.1 Å². The maximum atomic E-state index is 13.9. The predicted octanol–water partition coefficient (Wildman–Crippen LogP) is 8.94. The molecule has 0 aliphatic rings. The van der Waals surface area contributed by atoms with Crippen LogP contribution < -0.4 is 5.19 Å². The van der Waals surface area contributed by atoms with Crippen molar-refractivity contribution >= 4 is 35.2 Å². The zero-order valence-electron chi connectivity index (χ0n) is 23.6. The van der Waals surface area contributed by atoms with Crippen molar-refractivity contribution in [1.29, 1.82) is 0 Å². The van der Waals surface area contributed by atoms with Crippen molar-refractivity contribution in [1.82, 2.24) is 9.97 Å². The molecule has 3 aromatic heterocycles. The molecule has 7 heteroatoms. The number of hydrogen-bond acceptors (Lipinski definition) is 3. The van der Waals surface area contributed by atoms with E-state index < -0.39 is 8.07 Å². The van der Waals surface area contributed by atoms with Crippen LogP contribution in [0.1, 0.15) is 25.3 Å². The van der Waals surface area contributed by atoms with Crippen LogP contribution in [-0.4, -0.2) is 18.0 Å². The molecule has 0 unspecified atom stereocenters. The van der Waals surface area contributed by atoms with Gasteiger partial charge in [-0.2, -0.15) is 0 Å². The number of rotatable bonds is 4. The van der Waals surface area contributed by atoms with Crippen molar-refractivity contribution in [2.24, 2.45) is 0 Å². The van der Waals surface area contributed by atoms with Gasteiger partial charge in [-0.15, -0.1) is 54.1 Å². The van der Waals surface area contributed by atoms with Crippen LogP contribution in [0.25, 0.3) is 44.5 Å². The van der Waals surface area contributed by atoms with Gasteiger partial charge in [-0.1, -0.05) is 62.6 Å². The van der Waals surface area contributed by atoms with Crippen molar-refractivity contribution in [2.45, 2.75) is 39.4 Å². The molecule has 0 aliphatic heterocycles. The van der Waals surface area contributed by atoms with E-state index in [1.165, 1.54) is 23.5 Å². The van der Waals surface area contributed by atoms with Crippen molar-refractivity contribution < 1.29 is 33.3 Å². The number of fused-ring (bicyclic) bond motifs is 3. The van der Waals surface area contributed by atoms with E-state index in [9.17, 15) is 8.78 Å². The molecule has 0 spiro atoms. The fourth-order valence-corrected chi connectivity index (χ4v) is 5.52. The van der Waals surface area contributed by atoms with Crippen LogP contribution in [0.5, 0.6) is 0 Å². The first-order valence-corrected chi connectivity index (χ1v) is 16.7. The molecule has 0 saturated heterocycles. The van der Waals surface area contributed by atoms with Gasteiger partial charge in [0.25, 0.3) is 0 Å². The number of halogens is 2. The van der Waals surface area contributed by atoms with Gasteiger partial charge in [0.2, 0.25) is 0 Å². The van der Waals surface area contributed by atoms with E-state index in [1.54, 1.807) is 18.2 Å². The minimum atomic E-state index is -1.23. The Morgan fingerprint density at radius 2 is 1.59 bits per heavy atom. The van der Waals surface area contributed by atoms with Gasteiger partial charge in [0.1, 0.15) is 17.2 Å². The summed E-state index contributed by atoms with van der Waals surface area (Å²) in [5.74, 6) is -0.641. The third-order valence-electron chi connectivity index (χ3n) is 6.77. The van der Waals surface area contributed by atoms with Crippen LogP contribution >= 0.6 is 0 Å². The van der Waals surface area contributed by atoms with Gasteiger partial charge in [0, 0.05) is 37.8 Å². The van der Waals surface area contributed by atoms with E-state index in [2.05, 4.69) is 53.9 Å². The minimum absolute atomic E-state index is 0. The first-order chi connectivity index (χ1) is 19.1.